The number of rotatable bonds is 2. The van der Waals surface area contributed by atoms with E-state index in [-0.39, 0.29) is 12.4 Å². The molecule has 0 spiro atoms. The van der Waals surface area contributed by atoms with E-state index in [9.17, 15) is 4.79 Å². The number of ketones is 1. The third-order valence-corrected chi connectivity index (χ3v) is 2.52. The number of aliphatic hydroxyl groups is 1. The summed E-state index contributed by atoms with van der Waals surface area (Å²) in [5.41, 5.74) is 1.34. The number of hydrogen-bond donors (Lipinski definition) is 1. The summed E-state index contributed by atoms with van der Waals surface area (Å²) in [6.45, 7) is 1.43. The van der Waals surface area contributed by atoms with Crippen molar-refractivity contribution >= 4 is 28.4 Å². The molecule has 0 aliphatic heterocycles. The molecule has 1 aromatic carbocycles. The van der Waals surface area contributed by atoms with Crippen LogP contribution in [0.3, 0.4) is 0 Å². The molecule has 12 heavy (non-hydrogen) atoms. The van der Waals surface area contributed by atoms with Gasteiger partial charge in [0.25, 0.3) is 0 Å². The highest BCUT2D eigenvalue weighted by molar-refractivity contribution is 14.1. The van der Waals surface area contributed by atoms with Gasteiger partial charge < -0.3 is 5.11 Å². The molecule has 1 rings (SSSR count). The van der Waals surface area contributed by atoms with Crippen LogP contribution in [0.5, 0.6) is 0 Å². The topological polar surface area (TPSA) is 37.3 Å². The molecule has 0 saturated carbocycles. The zero-order chi connectivity index (χ0) is 9.14. The van der Waals surface area contributed by atoms with Crippen LogP contribution in [-0.2, 0) is 6.61 Å². The number of carbonyl (C=O) groups is 1. The molecule has 64 valence electrons. The van der Waals surface area contributed by atoms with Crippen LogP contribution in [-0.4, -0.2) is 10.9 Å². The van der Waals surface area contributed by atoms with Gasteiger partial charge in [-0.15, -0.1) is 0 Å². The van der Waals surface area contributed by atoms with E-state index in [0.29, 0.717) is 11.1 Å². The van der Waals surface area contributed by atoms with Gasteiger partial charge >= 0.3 is 0 Å². The first-order valence-corrected chi connectivity index (χ1v) is 4.64. The number of benzene rings is 1. The van der Waals surface area contributed by atoms with Gasteiger partial charge in [-0.2, -0.15) is 0 Å². The van der Waals surface area contributed by atoms with Crippen LogP contribution in [0.25, 0.3) is 0 Å². The monoisotopic (exact) mass is 276 g/mol. The van der Waals surface area contributed by atoms with Crippen LogP contribution < -0.4 is 0 Å². The summed E-state index contributed by atoms with van der Waals surface area (Å²) in [6, 6.07) is 5.45. The van der Waals surface area contributed by atoms with Crippen LogP contribution in [0.1, 0.15) is 22.8 Å². The van der Waals surface area contributed by atoms with Crippen molar-refractivity contribution in [1.29, 1.82) is 0 Å². The minimum atomic E-state index is -0.0776. The van der Waals surface area contributed by atoms with Crippen LogP contribution in [0.4, 0.5) is 0 Å². The van der Waals surface area contributed by atoms with Crippen LogP contribution in [0, 0.1) is 3.57 Å². The molecule has 1 aromatic rings. The first-order valence-electron chi connectivity index (χ1n) is 3.56. The number of hydrogen-bond acceptors (Lipinski definition) is 2. The van der Waals surface area contributed by atoms with E-state index in [1.807, 2.05) is 12.1 Å². The number of halogens is 1. The normalized spacial score (nSPS) is 9.92. The molecule has 0 aliphatic rings. The second-order valence-electron chi connectivity index (χ2n) is 2.49. The average Bonchev–Trinajstić information content (AvgIpc) is 2.03. The molecule has 0 atom stereocenters. The third-order valence-electron chi connectivity index (χ3n) is 1.62. The molecule has 1 N–H and O–H groups in total. The third kappa shape index (κ3) is 1.84. The Morgan fingerprint density at radius 1 is 1.58 bits per heavy atom. The predicted molar refractivity (Wildman–Crippen MR) is 55.1 cm³/mol. The summed E-state index contributed by atoms with van der Waals surface area (Å²) in [6.07, 6.45) is 0. The standard InChI is InChI=1S/C9H9IO2/c1-6(12)9-7(5-11)3-2-4-8(9)10/h2-4,11H,5H2,1H3. The Bertz CT molecular complexity index is 307. The molecule has 0 fully saturated rings. The van der Waals surface area contributed by atoms with Crippen molar-refractivity contribution in [1.82, 2.24) is 0 Å². The van der Waals surface area contributed by atoms with Gasteiger partial charge in [-0.3, -0.25) is 4.79 Å². The Hall–Kier alpha value is -0.420. The fraction of sp³-hybridized carbons (Fsp3) is 0.222. The van der Waals surface area contributed by atoms with Crippen LogP contribution in [0.2, 0.25) is 0 Å². The molecule has 0 heterocycles. The van der Waals surface area contributed by atoms with E-state index in [0.717, 1.165) is 3.57 Å². The van der Waals surface area contributed by atoms with E-state index >= 15 is 0 Å². The Kier molecular flexibility index (Phi) is 3.22. The van der Waals surface area contributed by atoms with Crippen molar-refractivity contribution in [3.05, 3.63) is 32.9 Å². The van der Waals surface area contributed by atoms with Gasteiger partial charge in [-0.05, 0) is 41.1 Å². The molecule has 0 aromatic heterocycles. The highest BCUT2D eigenvalue weighted by Crippen LogP contribution is 2.17. The lowest BCUT2D eigenvalue weighted by molar-refractivity contribution is 0.101. The molecule has 0 bridgehead atoms. The zero-order valence-electron chi connectivity index (χ0n) is 6.67. The lowest BCUT2D eigenvalue weighted by Gasteiger charge is -2.05. The van der Waals surface area contributed by atoms with Crippen molar-refractivity contribution in [3.63, 3.8) is 0 Å². The summed E-state index contributed by atoms with van der Waals surface area (Å²) in [5.74, 6) is 0.00375. The van der Waals surface area contributed by atoms with E-state index in [1.165, 1.54) is 6.92 Å². The quantitative estimate of drug-likeness (QED) is 0.662. The fourth-order valence-electron chi connectivity index (χ4n) is 1.09. The van der Waals surface area contributed by atoms with Crippen LogP contribution in [0.15, 0.2) is 18.2 Å². The fourth-order valence-corrected chi connectivity index (χ4v) is 2.03. The minimum Gasteiger partial charge on any atom is -0.392 e. The minimum absolute atomic E-state index is 0.00375. The van der Waals surface area contributed by atoms with Crippen molar-refractivity contribution < 1.29 is 9.90 Å². The Balaban J connectivity index is 3.29. The van der Waals surface area contributed by atoms with Crippen molar-refractivity contribution in [2.75, 3.05) is 0 Å². The van der Waals surface area contributed by atoms with Gasteiger partial charge in [0.2, 0.25) is 0 Å². The van der Waals surface area contributed by atoms with E-state index in [1.54, 1.807) is 6.07 Å². The first kappa shape index (κ1) is 9.67. The molecule has 3 heteroatoms. The second-order valence-corrected chi connectivity index (χ2v) is 3.65. The van der Waals surface area contributed by atoms with Crippen molar-refractivity contribution in [2.24, 2.45) is 0 Å². The Morgan fingerprint density at radius 2 is 2.25 bits per heavy atom. The van der Waals surface area contributed by atoms with Gasteiger partial charge in [0.05, 0.1) is 6.61 Å². The number of Topliss-reactive ketones (excluding diaryl/α,β-unsaturated/α-hetero) is 1. The number of carbonyl (C=O) groups excluding carboxylic acids is 1. The maximum absolute atomic E-state index is 11.1. The van der Waals surface area contributed by atoms with Gasteiger partial charge in [-0.25, -0.2) is 0 Å². The van der Waals surface area contributed by atoms with E-state index < -0.39 is 0 Å². The molecule has 0 unspecified atom stereocenters. The van der Waals surface area contributed by atoms with Crippen molar-refractivity contribution in [2.45, 2.75) is 13.5 Å². The smallest absolute Gasteiger partial charge is 0.161 e. The number of aliphatic hydroxyl groups excluding tert-OH is 1. The maximum atomic E-state index is 11.1. The van der Waals surface area contributed by atoms with Gasteiger partial charge in [0.1, 0.15) is 0 Å². The Morgan fingerprint density at radius 3 is 2.67 bits per heavy atom. The van der Waals surface area contributed by atoms with E-state index in [4.69, 9.17) is 5.11 Å². The highest BCUT2D eigenvalue weighted by atomic mass is 127. The summed E-state index contributed by atoms with van der Waals surface area (Å²) in [5, 5.41) is 8.94. The molecule has 0 amide bonds. The molecule has 0 aliphatic carbocycles. The summed E-state index contributed by atoms with van der Waals surface area (Å²) in [7, 11) is 0. The lowest BCUT2D eigenvalue weighted by Crippen LogP contribution is -2.02. The molecule has 0 saturated heterocycles. The molecular formula is C9H9IO2. The largest absolute Gasteiger partial charge is 0.392 e. The Labute approximate surface area is 84.7 Å². The van der Waals surface area contributed by atoms with E-state index in [2.05, 4.69) is 22.6 Å². The van der Waals surface area contributed by atoms with Crippen molar-refractivity contribution in [3.8, 4) is 0 Å². The highest BCUT2D eigenvalue weighted by Gasteiger charge is 2.09. The summed E-state index contributed by atoms with van der Waals surface area (Å²) in [4.78, 5) is 11.1. The summed E-state index contributed by atoms with van der Waals surface area (Å²) < 4.78 is 0.895. The molecule has 2 nitrogen and oxygen atoms in total. The van der Waals surface area contributed by atoms with Crippen LogP contribution >= 0.6 is 22.6 Å². The molecular weight excluding hydrogens is 267 g/mol. The maximum Gasteiger partial charge on any atom is 0.161 e. The summed E-state index contributed by atoms with van der Waals surface area (Å²) >= 11 is 2.09. The zero-order valence-corrected chi connectivity index (χ0v) is 8.83. The van der Waals surface area contributed by atoms with Gasteiger partial charge in [0.15, 0.2) is 5.78 Å². The average molecular weight is 276 g/mol. The lowest BCUT2D eigenvalue weighted by atomic mass is 10.1. The molecule has 0 radical (unpaired) electrons. The van der Waals surface area contributed by atoms with Gasteiger partial charge in [-0.1, -0.05) is 12.1 Å². The SMILES string of the molecule is CC(=O)c1c(I)cccc1CO. The first-order chi connectivity index (χ1) is 5.66. The predicted octanol–water partition coefficient (Wildman–Crippen LogP) is 1.99. The second kappa shape index (κ2) is 4.00. The van der Waals surface area contributed by atoms with Gasteiger partial charge in [0, 0.05) is 9.13 Å².